The van der Waals surface area contributed by atoms with Crippen LogP contribution in [0.1, 0.15) is 19.5 Å². The maximum Gasteiger partial charge on any atom is 0.129 e. The third kappa shape index (κ3) is 3.17. The van der Waals surface area contributed by atoms with Gasteiger partial charge in [0.1, 0.15) is 5.82 Å². The predicted octanol–water partition coefficient (Wildman–Crippen LogP) is 1.42. The Kier molecular flexibility index (Phi) is 3.64. The Hall–Kier alpha value is -1.13. The molecule has 0 spiro atoms. The molecule has 1 aromatic rings. The molecule has 0 unspecified atom stereocenters. The van der Waals surface area contributed by atoms with Crippen molar-refractivity contribution in [2.24, 2.45) is 0 Å². The van der Waals surface area contributed by atoms with Gasteiger partial charge in [-0.25, -0.2) is 4.98 Å². The van der Waals surface area contributed by atoms with Crippen molar-refractivity contribution in [3.8, 4) is 0 Å². The summed E-state index contributed by atoms with van der Waals surface area (Å²) >= 11 is 0. The molecule has 1 aliphatic rings. The Labute approximate surface area is 103 Å². The summed E-state index contributed by atoms with van der Waals surface area (Å²) < 4.78 is 5.71. The van der Waals surface area contributed by atoms with Crippen molar-refractivity contribution in [1.29, 1.82) is 0 Å². The van der Waals surface area contributed by atoms with Crippen molar-refractivity contribution >= 4 is 5.82 Å². The standard InChI is InChI=1S/C13H21N3O/c1-13(2)10-16(7-8-17-13)12-6-4-5-11(15-12)9-14-3/h4-6,14H,7-10H2,1-3H3. The SMILES string of the molecule is CNCc1cccc(N2CCOC(C)(C)C2)n1. The van der Waals surface area contributed by atoms with E-state index in [1.165, 1.54) is 0 Å². The highest BCUT2D eigenvalue weighted by molar-refractivity contribution is 5.40. The van der Waals surface area contributed by atoms with Crippen LogP contribution in [-0.4, -0.2) is 37.3 Å². The first-order chi connectivity index (χ1) is 8.11. The Bertz CT molecular complexity index is 379. The molecule has 0 amide bonds. The third-order valence-electron chi connectivity index (χ3n) is 2.90. The molecule has 1 fully saturated rings. The van der Waals surface area contributed by atoms with Crippen molar-refractivity contribution in [1.82, 2.24) is 10.3 Å². The van der Waals surface area contributed by atoms with Crippen LogP contribution in [0.4, 0.5) is 5.82 Å². The third-order valence-corrected chi connectivity index (χ3v) is 2.90. The minimum absolute atomic E-state index is 0.0844. The molecule has 2 rings (SSSR count). The monoisotopic (exact) mass is 235 g/mol. The van der Waals surface area contributed by atoms with E-state index in [1.807, 2.05) is 13.1 Å². The summed E-state index contributed by atoms with van der Waals surface area (Å²) in [5, 5.41) is 3.12. The van der Waals surface area contributed by atoms with E-state index in [4.69, 9.17) is 4.74 Å². The lowest BCUT2D eigenvalue weighted by Gasteiger charge is -2.38. The van der Waals surface area contributed by atoms with E-state index < -0.39 is 0 Å². The molecule has 4 nitrogen and oxygen atoms in total. The second kappa shape index (κ2) is 5.02. The zero-order valence-corrected chi connectivity index (χ0v) is 10.9. The zero-order valence-electron chi connectivity index (χ0n) is 10.9. The first-order valence-corrected chi connectivity index (χ1v) is 6.10. The van der Waals surface area contributed by atoms with Crippen molar-refractivity contribution in [2.75, 3.05) is 31.6 Å². The summed E-state index contributed by atoms with van der Waals surface area (Å²) in [6.07, 6.45) is 0. The molecule has 0 bridgehead atoms. The van der Waals surface area contributed by atoms with E-state index in [0.717, 1.165) is 37.8 Å². The number of pyridine rings is 1. The minimum Gasteiger partial charge on any atom is -0.372 e. The van der Waals surface area contributed by atoms with Crippen molar-refractivity contribution in [3.05, 3.63) is 23.9 Å². The normalized spacial score (nSPS) is 19.4. The highest BCUT2D eigenvalue weighted by Crippen LogP contribution is 2.21. The number of aromatic nitrogens is 1. The number of rotatable bonds is 3. The fraction of sp³-hybridized carbons (Fsp3) is 0.615. The Balaban J connectivity index is 2.13. The van der Waals surface area contributed by atoms with E-state index in [1.54, 1.807) is 0 Å². The summed E-state index contributed by atoms with van der Waals surface area (Å²) in [7, 11) is 1.94. The van der Waals surface area contributed by atoms with Gasteiger partial charge in [-0.3, -0.25) is 0 Å². The summed E-state index contributed by atoms with van der Waals surface area (Å²) in [4.78, 5) is 6.95. The van der Waals surface area contributed by atoms with Gasteiger partial charge >= 0.3 is 0 Å². The van der Waals surface area contributed by atoms with Gasteiger partial charge in [-0.15, -0.1) is 0 Å². The number of hydrogen-bond donors (Lipinski definition) is 1. The lowest BCUT2D eigenvalue weighted by atomic mass is 10.1. The van der Waals surface area contributed by atoms with E-state index in [0.29, 0.717) is 0 Å². The van der Waals surface area contributed by atoms with Crippen LogP contribution in [0.3, 0.4) is 0 Å². The average molecular weight is 235 g/mol. The first-order valence-electron chi connectivity index (χ1n) is 6.10. The number of nitrogens with one attached hydrogen (secondary N) is 1. The van der Waals surface area contributed by atoms with Gasteiger partial charge in [-0.2, -0.15) is 0 Å². The Morgan fingerprint density at radius 1 is 1.47 bits per heavy atom. The molecule has 0 saturated carbocycles. The van der Waals surface area contributed by atoms with Gasteiger partial charge in [-0.1, -0.05) is 6.07 Å². The second-order valence-electron chi connectivity index (χ2n) is 5.05. The fourth-order valence-electron chi connectivity index (χ4n) is 2.13. The fourth-order valence-corrected chi connectivity index (χ4v) is 2.13. The predicted molar refractivity (Wildman–Crippen MR) is 69.2 cm³/mol. The first kappa shape index (κ1) is 12.3. The van der Waals surface area contributed by atoms with Gasteiger partial charge in [0.25, 0.3) is 0 Å². The van der Waals surface area contributed by atoms with Gasteiger partial charge in [0.15, 0.2) is 0 Å². The molecular weight excluding hydrogens is 214 g/mol. The number of ether oxygens (including phenoxy) is 1. The van der Waals surface area contributed by atoms with Crippen LogP contribution < -0.4 is 10.2 Å². The van der Waals surface area contributed by atoms with Crippen LogP contribution in [0.2, 0.25) is 0 Å². The molecule has 17 heavy (non-hydrogen) atoms. The van der Waals surface area contributed by atoms with Crippen LogP contribution in [-0.2, 0) is 11.3 Å². The molecular formula is C13H21N3O. The van der Waals surface area contributed by atoms with E-state index in [-0.39, 0.29) is 5.60 Å². The molecule has 0 atom stereocenters. The van der Waals surface area contributed by atoms with Crippen molar-refractivity contribution in [2.45, 2.75) is 26.0 Å². The van der Waals surface area contributed by atoms with Gasteiger partial charge in [0.2, 0.25) is 0 Å². The van der Waals surface area contributed by atoms with Gasteiger partial charge in [-0.05, 0) is 33.0 Å². The smallest absolute Gasteiger partial charge is 0.129 e. The van der Waals surface area contributed by atoms with Crippen molar-refractivity contribution in [3.63, 3.8) is 0 Å². The number of anilines is 1. The van der Waals surface area contributed by atoms with E-state index in [9.17, 15) is 0 Å². The number of morpholine rings is 1. The van der Waals surface area contributed by atoms with E-state index in [2.05, 4.69) is 41.2 Å². The van der Waals surface area contributed by atoms with E-state index >= 15 is 0 Å². The van der Waals surface area contributed by atoms with Crippen LogP contribution in [0.5, 0.6) is 0 Å². The van der Waals surface area contributed by atoms with Gasteiger partial charge in [0.05, 0.1) is 17.9 Å². The minimum atomic E-state index is -0.0844. The lowest BCUT2D eigenvalue weighted by molar-refractivity contribution is -0.0279. The second-order valence-corrected chi connectivity index (χ2v) is 5.05. The lowest BCUT2D eigenvalue weighted by Crippen LogP contribution is -2.48. The summed E-state index contributed by atoms with van der Waals surface area (Å²) in [5.41, 5.74) is 0.994. The zero-order chi connectivity index (χ0) is 12.3. The molecule has 94 valence electrons. The molecule has 1 N–H and O–H groups in total. The number of hydrogen-bond acceptors (Lipinski definition) is 4. The maximum absolute atomic E-state index is 5.71. The van der Waals surface area contributed by atoms with Crippen LogP contribution in [0, 0.1) is 0 Å². The topological polar surface area (TPSA) is 37.4 Å². The molecule has 0 aromatic carbocycles. The molecule has 4 heteroatoms. The number of nitrogens with zero attached hydrogens (tertiary/aromatic N) is 2. The van der Waals surface area contributed by atoms with Crippen molar-refractivity contribution < 1.29 is 4.74 Å². The quantitative estimate of drug-likeness (QED) is 0.859. The summed E-state index contributed by atoms with van der Waals surface area (Å²) in [6, 6.07) is 6.18. The highest BCUT2D eigenvalue weighted by atomic mass is 16.5. The molecule has 2 heterocycles. The largest absolute Gasteiger partial charge is 0.372 e. The van der Waals surface area contributed by atoms with Gasteiger partial charge < -0.3 is 15.0 Å². The summed E-state index contributed by atoms with van der Waals surface area (Å²) in [5.74, 6) is 1.05. The highest BCUT2D eigenvalue weighted by Gasteiger charge is 2.27. The molecule has 0 aliphatic carbocycles. The molecule has 1 saturated heterocycles. The maximum atomic E-state index is 5.71. The molecule has 1 aromatic heterocycles. The molecule has 1 aliphatic heterocycles. The van der Waals surface area contributed by atoms with Gasteiger partial charge in [0, 0.05) is 19.6 Å². The molecule has 0 radical (unpaired) electrons. The van der Waals surface area contributed by atoms with Crippen LogP contribution in [0.25, 0.3) is 0 Å². The Morgan fingerprint density at radius 2 is 2.29 bits per heavy atom. The Morgan fingerprint density at radius 3 is 3.00 bits per heavy atom. The van der Waals surface area contributed by atoms with Crippen LogP contribution in [0.15, 0.2) is 18.2 Å². The average Bonchev–Trinajstić information content (AvgIpc) is 2.28. The van der Waals surface area contributed by atoms with Crippen LogP contribution >= 0.6 is 0 Å². The summed E-state index contributed by atoms with van der Waals surface area (Å²) in [6.45, 7) is 7.63.